The molecule has 1 fully saturated rings. The highest BCUT2D eigenvalue weighted by Crippen LogP contribution is 2.41. The summed E-state index contributed by atoms with van der Waals surface area (Å²) >= 11 is 0. The normalized spacial score (nSPS) is 18.7. The standard InChI is InChI=1S/C23H26FN3O4/c1-16(2)26(9-10-28)20(29)12-23(18-6-3-7-19(24)11-18)13-21(30)27(22(23)31)15-17-5-4-8-25-14-17/h3-8,11,14,16,28H,9-10,12-13,15H2,1-2H3/t23-/m1/s1. The molecule has 2 aromatic rings. The van der Waals surface area contributed by atoms with Crippen molar-refractivity contribution in [3.05, 3.63) is 65.7 Å². The zero-order chi connectivity index (χ0) is 22.6. The largest absolute Gasteiger partial charge is 0.395 e. The van der Waals surface area contributed by atoms with Gasteiger partial charge >= 0.3 is 0 Å². The highest BCUT2D eigenvalue weighted by Gasteiger charge is 2.54. The first-order valence-electron chi connectivity index (χ1n) is 10.2. The van der Waals surface area contributed by atoms with Crippen LogP contribution in [-0.2, 0) is 26.3 Å². The summed E-state index contributed by atoms with van der Waals surface area (Å²) in [5.41, 5.74) is -0.531. The molecule has 2 heterocycles. The van der Waals surface area contributed by atoms with Gasteiger partial charge in [0, 0.05) is 37.8 Å². The molecule has 1 aliphatic heterocycles. The van der Waals surface area contributed by atoms with Crippen LogP contribution in [0.25, 0.3) is 0 Å². The van der Waals surface area contributed by atoms with Gasteiger partial charge in [-0.15, -0.1) is 0 Å². The Balaban J connectivity index is 2.00. The molecule has 8 heteroatoms. The molecule has 31 heavy (non-hydrogen) atoms. The number of pyridine rings is 1. The molecular weight excluding hydrogens is 401 g/mol. The van der Waals surface area contributed by atoms with Crippen molar-refractivity contribution in [3.8, 4) is 0 Å². The number of hydrogen-bond acceptors (Lipinski definition) is 5. The Hall–Kier alpha value is -3.13. The summed E-state index contributed by atoms with van der Waals surface area (Å²) in [6, 6.07) is 8.75. The molecule has 0 bridgehead atoms. The Kier molecular flexibility index (Phi) is 6.80. The van der Waals surface area contributed by atoms with E-state index >= 15 is 0 Å². The molecule has 7 nitrogen and oxygen atoms in total. The molecule has 1 N–H and O–H groups in total. The van der Waals surface area contributed by atoms with E-state index in [1.165, 1.54) is 23.1 Å². The lowest BCUT2D eigenvalue weighted by Crippen LogP contribution is -2.46. The first-order valence-corrected chi connectivity index (χ1v) is 10.2. The Morgan fingerprint density at radius 3 is 2.68 bits per heavy atom. The molecule has 0 aliphatic carbocycles. The van der Waals surface area contributed by atoms with Crippen LogP contribution in [0.2, 0.25) is 0 Å². The van der Waals surface area contributed by atoms with Crippen LogP contribution in [0, 0.1) is 5.82 Å². The van der Waals surface area contributed by atoms with Crippen LogP contribution >= 0.6 is 0 Å². The minimum Gasteiger partial charge on any atom is -0.395 e. The van der Waals surface area contributed by atoms with Gasteiger partial charge < -0.3 is 10.0 Å². The van der Waals surface area contributed by atoms with E-state index in [9.17, 15) is 23.9 Å². The topological polar surface area (TPSA) is 90.8 Å². The number of aromatic nitrogens is 1. The third kappa shape index (κ3) is 4.64. The predicted molar refractivity (Wildman–Crippen MR) is 111 cm³/mol. The average molecular weight is 427 g/mol. The number of likely N-dealkylation sites (tertiary alicyclic amines) is 1. The maximum Gasteiger partial charge on any atom is 0.241 e. The number of nitrogens with zero attached hydrogens (tertiary/aromatic N) is 3. The van der Waals surface area contributed by atoms with E-state index in [0.717, 1.165) is 4.90 Å². The van der Waals surface area contributed by atoms with Gasteiger partial charge in [0.1, 0.15) is 5.82 Å². The number of aliphatic hydroxyl groups excluding tert-OH is 1. The number of aliphatic hydroxyl groups is 1. The third-order valence-corrected chi connectivity index (χ3v) is 5.59. The second-order valence-corrected chi connectivity index (χ2v) is 8.00. The monoisotopic (exact) mass is 427 g/mol. The molecule has 3 rings (SSSR count). The minimum absolute atomic E-state index is 0.0291. The SMILES string of the molecule is CC(C)N(CCO)C(=O)C[C@]1(c2cccc(F)c2)CC(=O)N(Cc2cccnc2)C1=O. The van der Waals surface area contributed by atoms with Crippen molar-refractivity contribution in [1.29, 1.82) is 0 Å². The summed E-state index contributed by atoms with van der Waals surface area (Å²) < 4.78 is 14.1. The Bertz CT molecular complexity index is 966. The molecule has 3 amide bonds. The molecule has 0 unspecified atom stereocenters. The van der Waals surface area contributed by atoms with Gasteiger partial charge in [-0.05, 0) is 43.2 Å². The first-order chi connectivity index (χ1) is 14.8. The lowest BCUT2D eigenvalue weighted by Gasteiger charge is -2.32. The molecule has 0 saturated carbocycles. The molecule has 1 aromatic heterocycles. The van der Waals surface area contributed by atoms with Crippen LogP contribution in [0.3, 0.4) is 0 Å². The predicted octanol–water partition coefficient (Wildman–Crippen LogP) is 2.04. The molecule has 164 valence electrons. The van der Waals surface area contributed by atoms with Crippen molar-refractivity contribution in [2.75, 3.05) is 13.2 Å². The third-order valence-electron chi connectivity index (χ3n) is 5.59. The average Bonchev–Trinajstić information content (AvgIpc) is 2.97. The van der Waals surface area contributed by atoms with Crippen LogP contribution < -0.4 is 0 Å². The number of carbonyl (C=O) groups is 3. The smallest absolute Gasteiger partial charge is 0.241 e. The molecule has 1 atom stereocenters. The lowest BCUT2D eigenvalue weighted by atomic mass is 9.75. The second kappa shape index (κ2) is 9.34. The number of hydrogen-bond donors (Lipinski definition) is 1. The van der Waals surface area contributed by atoms with E-state index in [1.807, 2.05) is 0 Å². The summed E-state index contributed by atoms with van der Waals surface area (Å²) in [7, 11) is 0. The van der Waals surface area contributed by atoms with Gasteiger partial charge in [-0.25, -0.2) is 4.39 Å². The summed E-state index contributed by atoms with van der Waals surface area (Å²) in [5, 5.41) is 9.33. The maximum absolute atomic E-state index is 14.1. The van der Waals surface area contributed by atoms with Gasteiger partial charge in [0.05, 0.1) is 18.6 Å². The number of imide groups is 1. The Labute approximate surface area is 180 Å². The summed E-state index contributed by atoms with van der Waals surface area (Å²) in [6.07, 6.45) is 2.64. The van der Waals surface area contributed by atoms with Crippen molar-refractivity contribution in [2.45, 2.75) is 44.7 Å². The zero-order valence-electron chi connectivity index (χ0n) is 17.6. The molecular formula is C23H26FN3O4. The van der Waals surface area contributed by atoms with Gasteiger partial charge in [-0.2, -0.15) is 0 Å². The maximum atomic E-state index is 14.1. The van der Waals surface area contributed by atoms with Gasteiger partial charge in [-0.3, -0.25) is 24.3 Å². The Morgan fingerprint density at radius 2 is 2.06 bits per heavy atom. The highest BCUT2D eigenvalue weighted by molar-refractivity contribution is 6.10. The molecule has 1 saturated heterocycles. The number of benzene rings is 1. The van der Waals surface area contributed by atoms with Gasteiger partial charge in [0.25, 0.3) is 0 Å². The van der Waals surface area contributed by atoms with Crippen LogP contribution in [0.1, 0.15) is 37.8 Å². The quantitative estimate of drug-likeness (QED) is 0.651. The van der Waals surface area contributed by atoms with E-state index in [2.05, 4.69) is 4.98 Å². The van der Waals surface area contributed by atoms with Crippen LogP contribution in [-0.4, -0.2) is 56.8 Å². The van der Waals surface area contributed by atoms with Crippen LogP contribution in [0.4, 0.5) is 4.39 Å². The number of halogens is 1. The van der Waals surface area contributed by atoms with Crippen molar-refractivity contribution in [1.82, 2.24) is 14.8 Å². The first kappa shape index (κ1) is 22.6. The van der Waals surface area contributed by atoms with Crippen LogP contribution in [0.5, 0.6) is 0 Å². The Morgan fingerprint density at radius 1 is 1.29 bits per heavy atom. The minimum atomic E-state index is -1.50. The van der Waals surface area contributed by atoms with Crippen LogP contribution in [0.15, 0.2) is 48.8 Å². The fraction of sp³-hybridized carbons (Fsp3) is 0.391. The fourth-order valence-corrected chi connectivity index (χ4v) is 4.03. The second-order valence-electron chi connectivity index (χ2n) is 8.00. The fourth-order valence-electron chi connectivity index (χ4n) is 4.03. The summed E-state index contributed by atoms with van der Waals surface area (Å²) in [5.74, 6) is -1.89. The van der Waals surface area contributed by atoms with Gasteiger partial charge in [-0.1, -0.05) is 18.2 Å². The van der Waals surface area contributed by atoms with Crippen molar-refractivity contribution >= 4 is 17.7 Å². The van der Waals surface area contributed by atoms with Crippen molar-refractivity contribution in [3.63, 3.8) is 0 Å². The van der Waals surface area contributed by atoms with Gasteiger partial charge in [0.15, 0.2) is 0 Å². The number of carbonyl (C=O) groups excluding carboxylic acids is 3. The highest BCUT2D eigenvalue weighted by atomic mass is 19.1. The van der Waals surface area contributed by atoms with Gasteiger partial charge in [0.2, 0.25) is 17.7 Å². The summed E-state index contributed by atoms with van der Waals surface area (Å²) in [6.45, 7) is 3.52. The molecule has 1 aliphatic rings. The van der Waals surface area contributed by atoms with E-state index in [-0.39, 0.29) is 44.5 Å². The summed E-state index contributed by atoms with van der Waals surface area (Å²) in [4.78, 5) is 46.2. The molecule has 1 aromatic carbocycles. The number of amides is 3. The van der Waals surface area contributed by atoms with Crippen molar-refractivity contribution < 1.29 is 23.9 Å². The van der Waals surface area contributed by atoms with E-state index in [1.54, 1.807) is 44.4 Å². The van der Waals surface area contributed by atoms with E-state index in [4.69, 9.17) is 0 Å². The lowest BCUT2D eigenvalue weighted by molar-refractivity contribution is -0.143. The van der Waals surface area contributed by atoms with E-state index in [0.29, 0.717) is 11.1 Å². The van der Waals surface area contributed by atoms with E-state index < -0.39 is 23.0 Å². The van der Waals surface area contributed by atoms with Crippen molar-refractivity contribution in [2.24, 2.45) is 0 Å². The number of rotatable bonds is 8. The molecule has 0 radical (unpaired) electrons. The zero-order valence-corrected chi connectivity index (χ0v) is 17.6. The molecule has 0 spiro atoms.